The van der Waals surface area contributed by atoms with Gasteiger partial charge in [-0.05, 0) is 12.1 Å². The van der Waals surface area contributed by atoms with Crippen LogP contribution >= 0.6 is 0 Å². The van der Waals surface area contributed by atoms with Gasteiger partial charge in [-0.15, -0.1) is 0 Å². The van der Waals surface area contributed by atoms with Crippen LogP contribution < -0.4 is 5.73 Å². The molecule has 2 rings (SSSR count). The van der Waals surface area contributed by atoms with Crippen LogP contribution in [0.2, 0.25) is 0 Å². The molecule has 0 bridgehead atoms. The van der Waals surface area contributed by atoms with Crippen molar-refractivity contribution >= 4 is 11.8 Å². The van der Waals surface area contributed by atoms with Crippen molar-refractivity contribution in [2.45, 2.75) is 12.5 Å². The molecule has 0 saturated carbocycles. The van der Waals surface area contributed by atoms with Crippen LogP contribution in [-0.2, 0) is 9.53 Å². The van der Waals surface area contributed by atoms with Crippen LogP contribution in [0.15, 0.2) is 18.3 Å². The number of rotatable bonds is 5. The Morgan fingerprint density at radius 1 is 1.45 bits per heavy atom. The number of carbonyl (C=O) groups is 2. The minimum Gasteiger partial charge on any atom is -0.370 e. The van der Waals surface area contributed by atoms with Gasteiger partial charge in [0.15, 0.2) is 0 Å². The Kier molecular flexibility index (Phi) is 5.46. The van der Waals surface area contributed by atoms with Gasteiger partial charge in [-0.3, -0.25) is 19.5 Å². The Labute approximate surface area is 130 Å². The molecule has 0 aromatic carbocycles. The molecule has 1 aliphatic rings. The lowest BCUT2D eigenvalue weighted by Crippen LogP contribution is -2.40. The lowest BCUT2D eigenvalue weighted by molar-refractivity contribution is -0.118. The first-order valence-corrected chi connectivity index (χ1v) is 7.27. The predicted molar refractivity (Wildman–Crippen MR) is 81.2 cm³/mol. The van der Waals surface area contributed by atoms with Crippen molar-refractivity contribution in [2.75, 3.05) is 40.3 Å². The number of primary amides is 1. The van der Waals surface area contributed by atoms with Gasteiger partial charge in [0.25, 0.3) is 5.91 Å². The number of pyridine rings is 1. The Morgan fingerprint density at radius 3 is 2.82 bits per heavy atom. The predicted octanol–water partition coefficient (Wildman–Crippen LogP) is 0.0321. The molecule has 2 heterocycles. The third-order valence-corrected chi connectivity index (χ3v) is 3.59. The summed E-state index contributed by atoms with van der Waals surface area (Å²) in [5, 5.41) is 0. The van der Waals surface area contributed by atoms with Crippen LogP contribution in [0.5, 0.6) is 0 Å². The highest BCUT2D eigenvalue weighted by atomic mass is 16.5. The van der Waals surface area contributed by atoms with E-state index in [0.29, 0.717) is 31.7 Å². The van der Waals surface area contributed by atoms with Gasteiger partial charge >= 0.3 is 0 Å². The quantitative estimate of drug-likeness (QED) is 0.829. The molecule has 22 heavy (non-hydrogen) atoms. The molecule has 7 heteroatoms. The number of ether oxygens (including phenoxy) is 1. The molecule has 1 aliphatic heterocycles. The van der Waals surface area contributed by atoms with Crippen molar-refractivity contribution in [3.63, 3.8) is 0 Å². The average molecular weight is 306 g/mol. The van der Waals surface area contributed by atoms with Gasteiger partial charge < -0.3 is 15.4 Å². The lowest BCUT2D eigenvalue weighted by atomic mass is 10.1. The Balaban J connectivity index is 1.98. The van der Waals surface area contributed by atoms with E-state index in [1.165, 1.54) is 4.90 Å². The second-order valence-corrected chi connectivity index (χ2v) is 5.55. The summed E-state index contributed by atoms with van der Waals surface area (Å²) >= 11 is 0. The lowest BCUT2D eigenvalue weighted by Gasteiger charge is -2.32. The van der Waals surface area contributed by atoms with Crippen molar-refractivity contribution in [1.82, 2.24) is 14.8 Å². The second kappa shape index (κ2) is 7.33. The summed E-state index contributed by atoms with van der Waals surface area (Å²) in [6, 6.07) is 3.58. The zero-order valence-corrected chi connectivity index (χ0v) is 13.0. The van der Waals surface area contributed by atoms with E-state index in [4.69, 9.17) is 10.5 Å². The fourth-order valence-electron chi connectivity index (χ4n) is 2.33. The molecule has 0 aliphatic carbocycles. The summed E-state index contributed by atoms with van der Waals surface area (Å²) in [5.41, 5.74) is 6.52. The third-order valence-electron chi connectivity index (χ3n) is 3.59. The number of morpholine rings is 1. The van der Waals surface area contributed by atoms with E-state index in [0.717, 1.165) is 12.2 Å². The van der Waals surface area contributed by atoms with Gasteiger partial charge in [0.1, 0.15) is 6.10 Å². The number of nitrogens with two attached hydrogens (primary N) is 1. The number of amides is 2. The van der Waals surface area contributed by atoms with E-state index in [9.17, 15) is 9.59 Å². The van der Waals surface area contributed by atoms with Gasteiger partial charge in [-0.25, -0.2) is 0 Å². The summed E-state index contributed by atoms with van der Waals surface area (Å²) in [4.78, 5) is 30.7. The topological polar surface area (TPSA) is 88.8 Å². The largest absolute Gasteiger partial charge is 0.370 e. The van der Waals surface area contributed by atoms with Gasteiger partial charge in [-0.1, -0.05) is 0 Å². The van der Waals surface area contributed by atoms with Crippen LogP contribution in [-0.4, -0.2) is 66.9 Å². The molecule has 0 radical (unpaired) electrons. The summed E-state index contributed by atoms with van der Waals surface area (Å²) < 4.78 is 5.73. The van der Waals surface area contributed by atoms with Gasteiger partial charge in [0.2, 0.25) is 5.91 Å². The summed E-state index contributed by atoms with van der Waals surface area (Å²) in [6.45, 7) is 2.66. The Bertz CT molecular complexity index is 530. The van der Waals surface area contributed by atoms with Crippen LogP contribution in [0.4, 0.5) is 0 Å². The van der Waals surface area contributed by atoms with E-state index in [1.807, 2.05) is 6.07 Å². The number of hydrogen-bond acceptors (Lipinski definition) is 5. The fourth-order valence-corrected chi connectivity index (χ4v) is 2.33. The SMILES string of the molecule is CN(C)C(=O)c1ccc(C2CN(CCC(N)=O)CCO2)nc1. The highest BCUT2D eigenvalue weighted by Gasteiger charge is 2.23. The monoisotopic (exact) mass is 306 g/mol. The van der Waals surface area contributed by atoms with Gasteiger partial charge in [-0.2, -0.15) is 0 Å². The maximum atomic E-state index is 11.8. The van der Waals surface area contributed by atoms with Crippen LogP contribution in [0.25, 0.3) is 0 Å². The summed E-state index contributed by atoms with van der Waals surface area (Å²) in [5.74, 6) is -0.376. The first kappa shape index (κ1) is 16.4. The van der Waals surface area contributed by atoms with E-state index >= 15 is 0 Å². The first-order valence-electron chi connectivity index (χ1n) is 7.27. The van der Waals surface area contributed by atoms with Gasteiger partial charge in [0.05, 0.1) is 17.9 Å². The average Bonchev–Trinajstić information content (AvgIpc) is 2.52. The van der Waals surface area contributed by atoms with E-state index in [1.54, 1.807) is 26.4 Å². The minimum absolute atomic E-state index is 0.0771. The fraction of sp³-hybridized carbons (Fsp3) is 0.533. The first-order chi connectivity index (χ1) is 10.5. The highest BCUT2D eigenvalue weighted by molar-refractivity contribution is 5.93. The molecule has 1 aromatic heterocycles. The van der Waals surface area contributed by atoms with Crippen LogP contribution in [0, 0.1) is 0 Å². The molecule has 0 spiro atoms. The molecule has 2 N–H and O–H groups in total. The second-order valence-electron chi connectivity index (χ2n) is 5.55. The number of nitrogens with zero attached hydrogens (tertiary/aromatic N) is 3. The van der Waals surface area contributed by atoms with E-state index in [-0.39, 0.29) is 17.9 Å². The molecular weight excluding hydrogens is 284 g/mol. The zero-order valence-electron chi connectivity index (χ0n) is 13.0. The summed E-state index contributed by atoms with van der Waals surface area (Å²) in [6.07, 6.45) is 1.77. The molecule has 2 amide bonds. The molecule has 1 saturated heterocycles. The van der Waals surface area contributed by atoms with Crippen molar-refractivity contribution in [3.05, 3.63) is 29.6 Å². The number of carbonyl (C=O) groups excluding carboxylic acids is 2. The van der Waals surface area contributed by atoms with Crippen molar-refractivity contribution < 1.29 is 14.3 Å². The standard InChI is InChI=1S/C15H22N4O3/c1-18(2)15(21)11-3-4-12(17-9-11)13-10-19(7-8-22-13)6-5-14(16)20/h3-4,9,13H,5-8,10H2,1-2H3,(H2,16,20). The summed E-state index contributed by atoms with van der Waals surface area (Å²) in [7, 11) is 3.41. The maximum absolute atomic E-state index is 11.8. The third kappa shape index (κ3) is 4.25. The molecule has 1 atom stereocenters. The highest BCUT2D eigenvalue weighted by Crippen LogP contribution is 2.21. The maximum Gasteiger partial charge on any atom is 0.254 e. The minimum atomic E-state index is -0.298. The molecule has 1 unspecified atom stereocenters. The molecular formula is C15H22N4O3. The molecule has 1 aromatic rings. The molecule has 7 nitrogen and oxygen atoms in total. The smallest absolute Gasteiger partial charge is 0.254 e. The zero-order chi connectivity index (χ0) is 16.1. The Morgan fingerprint density at radius 2 is 2.23 bits per heavy atom. The number of hydrogen-bond donors (Lipinski definition) is 1. The Hall–Kier alpha value is -1.99. The van der Waals surface area contributed by atoms with Crippen molar-refractivity contribution in [3.8, 4) is 0 Å². The van der Waals surface area contributed by atoms with Crippen LogP contribution in [0.1, 0.15) is 28.6 Å². The normalized spacial score (nSPS) is 18.9. The molecule has 120 valence electrons. The number of aromatic nitrogens is 1. The van der Waals surface area contributed by atoms with E-state index < -0.39 is 0 Å². The molecule has 1 fully saturated rings. The van der Waals surface area contributed by atoms with Crippen LogP contribution in [0.3, 0.4) is 0 Å². The van der Waals surface area contributed by atoms with Crippen molar-refractivity contribution in [1.29, 1.82) is 0 Å². The van der Waals surface area contributed by atoms with Crippen molar-refractivity contribution in [2.24, 2.45) is 5.73 Å². The van der Waals surface area contributed by atoms with E-state index in [2.05, 4.69) is 9.88 Å². The van der Waals surface area contributed by atoms with Gasteiger partial charge in [0, 0.05) is 46.3 Å².